The maximum absolute atomic E-state index is 12.7. The Hall–Kier alpha value is -0.910. The van der Waals surface area contributed by atoms with Crippen LogP contribution in [0.3, 0.4) is 0 Å². The van der Waals surface area contributed by atoms with Crippen molar-refractivity contribution in [1.29, 1.82) is 0 Å². The van der Waals surface area contributed by atoms with Crippen molar-refractivity contribution in [2.75, 3.05) is 0 Å². The largest absolute Gasteiger partial charge is 0.416 e. The van der Waals surface area contributed by atoms with Crippen LogP contribution >= 0.6 is 11.6 Å². The fourth-order valence-electron chi connectivity index (χ4n) is 0.988. The average molecular weight is 249 g/mol. The first-order chi connectivity index (χ1) is 6.73. The molecule has 0 heterocycles. The zero-order valence-corrected chi connectivity index (χ0v) is 7.63. The van der Waals surface area contributed by atoms with Crippen molar-refractivity contribution < 1.29 is 26.3 Å². The van der Waals surface area contributed by atoms with Crippen LogP contribution in [-0.2, 0) is 6.18 Å². The molecular weight excluding hydrogens is 246 g/mol. The zero-order valence-electron chi connectivity index (χ0n) is 6.88. The Morgan fingerprint density at radius 3 is 2.07 bits per heavy atom. The Bertz CT molecular complexity index is 370. The SMILES string of the molecule is Fc1cc(C(F)(F)F)c(C(F)F)cc1Cl. The van der Waals surface area contributed by atoms with E-state index in [-0.39, 0.29) is 12.1 Å². The lowest BCUT2D eigenvalue weighted by atomic mass is 10.1. The second-order valence-electron chi connectivity index (χ2n) is 2.65. The van der Waals surface area contributed by atoms with Crippen molar-refractivity contribution >= 4 is 11.6 Å². The molecule has 0 aliphatic rings. The minimum absolute atomic E-state index is 0.0379. The van der Waals surface area contributed by atoms with Gasteiger partial charge in [0.1, 0.15) is 5.82 Å². The summed E-state index contributed by atoms with van der Waals surface area (Å²) in [5.74, 6) is -1.38. The molecule has 84 valence electrons. The maximum atomic E-state index is 12.7. The number of alkyl halides is 5. The number of hydrogen-bond acceptors (Lipinski definition) is 0. The van der Waals surface area contributed by atoms with Gasteiger partial charge in [-0.25, -0.2) is 13.2 Å². The van der Waals surface area contributed by atoms with Crippen molar-refractivity contribution in [3.63, 3.8) is 0 Å². The molecule has 0 radical (unpaired) electrons. The van der Waals surface area contributed by atoms with E-state index >= 15 is 0 Å². The van der Waals surface area contributed by atoms with Crippen molar-refractivity contribution in [3.05, 3.63) is 34.1 Å². The van der Waals surface area contributed by atoms with E-state index in [9.17, 15) is 26.3 Å². The van der Waals surface area contributed by atoms with E-state index in [1.165, 1.54) is 0 Å². The van der Waals surface area contributed by atoms with Gasteiger partial charge in [-0.15, -0.1) is 0 Å². The molecule has 7 heteroatoms. The van der Waals surface area contributed by atoms with Crippen LogP contribution in [0.15, 0.2) is 12.1 Å². The van der Waals surface area contributed by atoms with Gasteiger partial charge in [0, 0.05) is 5.56 Å². The van der Waals surface area contributed by atoms with Gasteiger partial charge in [0.25, 0.3) is 6.43 Å². The number of benzene rings is 1. The summed E-state index contributed by atoms with van der Waals surface area (Å²) in [7, 11) is 0. The summed E-state index contributed by atoms with van der Waals surface area (Å²) in [6, 6.07) is 0.244. The van der Waals surface area contributed by atoms with Gasteiger partial charge in [0.05, 0.1) is 10.6 Å². The fourth-order valence-corrected chi connectivity index (χ4v) is 1.16. The summed E-state index contributed by atoms with van der Waals surface area (Å²) < 4.78 is 73.6. The van der Waals surface area contributed by atoms with Crippen LogP contribution in [0.4, 0.5) is 26.3 Å². The number of rotatable bonds is 1. The Morgan fingerprint density at radius 1 is 1.13 bits per heavy atom. The highest BCUT2D eigenvalue weighted by Gasteiger charge is 2.36. The Kier molecular flexibility index (Phi) is 3.18. The molecule has 1 rings (SSSR count). The summed E-state index contributed by atoms with van der Waals surface area (Å²) in [6.07, 6.45) is -8.39. The molecule has 0 aliphatic carbocycles. The summed E-state index contributed by atoms with van der Waals surface area (Å²) in [6.45, 7) is 0. The molecule has 0 aliphatic heterocycles. The lowest BCUT2D eigenvalue weighted by Crippen LogP contribution is -2.10. The third kappa shape index (κ3) is 2.56. The van der Waals surface area contributed by atoms with Crippen LogP contribution in [-0.4, -0.2) is 0 Å². The summed E-state index contributed by atoms with van der Waals surface area (Å²) >= 11 is 5.10. The first kappa shape index (κ1) is 12.2. The minimum Gasteiger partial charge on any atom is -0.205 e. The lowest BCUT2D eigenvalue weighted by molar-refractivity contribution is -0.139. The van der Waals surface area contributed by atoms with E-state index in [1.54, 1.807) is 0 Å². The normalized spacial score (nSPS) is 12.3. The monoisotopic (exact) mass is 248 g/mol. The van der Waals surface area contributed by atoms with Gasteiger partial charge in [-0.2, -0.15) is 13.2 Å². The minimum atomic E-state index is -5.03. The van der Waals surface area contributed by atoms with Crippen molar-refractivity contribution in [3.8, 4) is 0 Å². The van der Waals surface area contributed by atoms with Crippen LogP contribution in [0.25, 0.3) is 0 Å². The van der Waals surface area contributed by atoms with Gasteiger partial charge in [0.15, 0.2) is 0 Å². The maximum Gasteiger partial charge on any atom is 0.416 e. The Labute approximate surface area is 85.5 Å². The molecule has 0 saturated carbocycles. The van der Waals surface area contributed by atoms with Gasteiger partial charge >= 0.3 is 6.18 Å². The number of halogens is 7. The van der Waals surface area contributed by atoms with E-state index in [2.05, 4.69) is 0 Å². The molecule has 0 amide bonds. The Morgan fingerprint density at radius 2 is 1.67 bits per heavy atom. The summed E-state index contributed by atoms with van der Waals surface area (Å²) in [4.78, 5) is 0. The molecule has 0 saturated heterocycles. The highest BCUT2D eigenvalue weighted by Crippen LogP contribution is 2.38. The first-order valence-corrected chi connectivity index (χ1v) is 3.95. The van der Waals surface area contributed by atoms with Gasteiger partial charge in [-0.1, -0.05) is 11.6 Å². The van der Waals surface area contributed by atoms with Gasteiger partial charge in [-0.05, 0) is 12.1 Å². The molecule has 1 aromatic rings. The molecule has 0 atom stereocenters. The van der Waals surface area contributed by atoms with E-state index < -0.39 is 34.6 Å². The van der Waals surface area contributed by atoms with E-state index in [4.69, 9.17) is 11.6 Å². The lowest BCUT2D eigenvalue weighted by Gasteiger charge is -2.12. The zero-order chi connectivity index (χ0) is 11.8. The number of hydrogen-bond donors (Lipinski definition) is 0. The van der Waals surface area contributed by atoms with Crippen molar-refractivity contribution in [2.24, 2.45) is 0 Å². The quantitative estimate of drug-likeness (QED) is 0.645. The third-order valence-electron chi connectivity index (χ3n) is 1.63. The predicted molar refractivity (Wildman–Crippen MR) is 41.4 cm³/mol. The molecule has 0 unspecified atom stereocenters. The van der Waals surface area contributed by atoms with E-state index in [0.717, 1.165) is 0 Å². The average Bonchev–Trinajstić information content (AvgIpc) is 2.06. The van der Waals surface area contributed by atoms with E-state index in [1.807, 2.05) is 0 Å². The smallest absolute Gasteiger partial charge is 0.205 e. The Balaban J connectivity index is 3.42. The van der Waals surface area contributed by atoms with Crippen LogP contribution in [0.5, 0.6) is 0 Å². The van der Waals surface area contributed by atoms with Crippen LogP contribution < -0.4 is 0 Å². The van der Waals surface area contributed by atoms with Crippen molar-refractivity contribution in [2.45, 2.75) is 12.6 Å². The van der Waals surface area contributed by atoms with Gasteiger partial charge < -0.3 is 0 Å². The van der Waals surface area contributed by atoms with Gasteiger partial charge in [0.2, 0.25) is 0 Å². The van der Waals surface area contributed by atoms with Crippen molar-refractivity contribution in [1.82, 2.24) is 0 Å². The van der Waals surface area contributed by atoms with Gasteiger partial charge in [-0.3, -0.25) is 0 Å². The molecule has 1 aromatic carbocycles. The topological polar surface area (TPSA) is 0 Å². The molecule has 0 bridgehead atoms. The standard InChI is InChI=1S/C8H3ClF6/c9-5-1-3(7(11)12)4(2-6(5)10)8(13,14)15/h1-2,7H. The van der Waals surface area contributed by atoms with Crippen LogP contribution in [0.2, 0.25) is 5.02 Å². The molecule has 0 fully saturated rings. The second-order valence-corrected chi connectivity index (χ2v) is 3.06. The summed E-state index contributed by atoms with van der Waals surface area (Å²) in [5.41, 5.74) is -3.03. The van der Waals surface area contributed by atoms with Crippen LogP contribution in [0, 0.1) is 5.82 Å². The fraction of sp³-hybridized carbons (Fsp3) is 0.250. The second kappa shape index (κ2) is 3.92. The highest BCUT2D eigenvalue weighted by atomic mass is 35.5. The summed E-state index contributed by atoms with van der Waals surface area (Å²) in [5, 5.41) is -0.765. The van der Waals surface area contributed by atoms with Crippen LogP contribution in [0.1, 0.15) is 17.6 Å². The molecule has 0 nitrogen and oxygen atoms in total. The molecule has 0 spiro atoms. The van der Waals surface area contributed by atoms with E-state index in [0.29, 0.717) is 0 Å². The highest BCUT2D eigenvalue weighted by molar-refractivity contribution is 6.30. The first-order valence-electron chi connectivity index (χ1n) is 3.57. The predicted octanol–water partition coefficient (Wildman–Crippen LogP) is 4.44. The molecule has 15 heavy (non-hydrogen) atoms. The molecule has 0 N–H and O–H groups in total. The molecule has 0 aromatic heterocycles. The molecular formula is C8H3ClF6. The third-order valence-corrected chi connectivity index (χ3v) is 1.92.